The molecule has 2 rings (SSSR count). The van der Waals surface area contributed by atoms with Crippen LogP contribution in [0.25, 0.3) is 0 Å². The Labute approximate surface area is 154 Å². The van der Waals surface area contributed by atoms with Gasteiger partial charge in [-0.3, -0.25) is 10.1 Å². The van der Waals surface area contributed by atoms with E-state index in [1.165, 1.54) is 6.07 Å². The third-order valence-electron chi connectivity index (χ3n) is 3.22. The number of hydrogen-bond donors (Lipinski definition) is 3. The molecule has 0 bridgehead atoms. The molecule has 3 N–H and O–H groups in total. The number of hydrogen-bond acceptors (Lipinski definition) is 5. The highest BCUT2D eigenvalue weighted by Gasteiger charge is 2.25. The summed E-state index contributed by atoms with van der Waals surface area (Å²) < 4.78 is 27.7. The molecular formula is C15H24ClN3O3S2. The second kappa shape index (κ2) is 8.05. The van der Waals surface area contributed by atoms with E-state index in [9.17, 15) is 13.2 Å². The van der Waals surface area contributed by atoms with Gasteiger partial charge in [0.1, 0.15) is 0 Å². The van der Waals surface area contributed by atoms with E-state index in [2.05, 4.69) is 15.4 Å². The molecule has 1 aliphatic rings. The number of anilines is 1. The predicted molar refractivity (Wildman–Crippen MR) is 101 cm³/mol. The summed E-state index contributed by atoms with van der Waals surface area (Å²) >= 11 is 1.66. The van der Waals surface area contributed by atoms with Gasteiger partial charge in [-0.05, 0) is 45.4 Å². The molecule has 0 aromatic heterocycles. The maximum atomic E-state index is 12.5. The SMILES string of the molecule is Cc1ccc(NC(=O)C2CSCN2)cc1S(=O)(=O)NC(C)(C)C.Cl. The normalized spacial score (nSPS) is 18.1. The van der Waals surface area contributed by atoms with Crippen LogP contribution in [-0.2, 0) is 14.8 Å². The molecule has 1 fully saturated rings. The van der Waals surface area contributed by atoms with Gasteiger partial charge in [0.25, 0.3) is 0 Å². The van der Waals surface area contributed by atoms with Crippen molar-refractivity contribution in [1.29, 1.82) is 0 Å². The molecule has 9 heteroatoms. The Morgan fingerprint density at radius 1 is 1.33 bits per heavy atom. The van der Waals surface area contributed by atoms with Crippen molar-refractivity contribution < 1.29 is 13.2 Å². The van der Waals surface area contributed by atoms with Crippen LogP contribution in [0.3, 0.4) is 0 Å². The second-order valence-corrected chi connectivity index (χ2v) is 9.28. The summed E-state index contributed by atoms with van der Waals surface area (Å²) in [6, 6.07) is 4.67. The molecule has 1 aromatic carbocycles. The van der Waals surface area contributed by atoms with Crippen LogP contribution in [0.15, 0.2) is 23.1 Å². The fourth-order valence-electron chi connectivity index (χ4n) is 2.22. The fourth-order valence-corrected chi connectivity index (χ4v) is 4.85. The van der Waals surface area contributed by atoms with Crippen molar-refractivity contribution >= 4 is 45.8 Å². The van der Waals surface area contributed by atoms with E-state index in [-0.39, 0.29) is 29.3 Å². The van der Waals surface area contributed by atoms with Crippen LogP contribution in [0.2, 0.25) is 0 Å². The lowest BCUT2D eigenvalue weighted by molar-refractivity contribution is -0.117. The second-order valence-electron chi connectivity index (χ2n) is 6.60. The van der Waals surface area contributed by atoms with Crippen molar-refractivity contribution in [2.75, 3.05) is 16.9 Å². The molecule has 24 heavy (non-hydrogen) atoms. The first-order valence-corrected chi connectivity index (χ1v) is 9.99. The van der Waals surface area contributed by atoms with Crippen LogP contribution in [0, 0.1) is 6.92 Å². The molecule has 1 heterocycles. The van der Waals surface area contributed by atoms with Crippen molar-refractivity contribution in [3.8, 4) is 0 Å². The number of amides is 1. The van der Waals surface area contributed by atoms with Crippen molar-refractivity contribution in [2.45, 2.75) is 44.2 Å². The smallest absolute Gasteiger partial charge is 0.242 e. The number of halogens is 1. The quantitative estimate of drug-likeness (QED) is 0.729. The summed E-state index contributed by atoms with van der Waals surface area (Å²) in [7, 11) is -3.65. The van der Waals surface area contributed by atoms with Gasteiger partial charge in [0, 0.05) is 22.9 Å². The van der Waals surface area contributed by atoms with Gasteiger partial charge in [-0.25, -0.2) is 13.1 Å². The maximum Gasteiger partial charge on any atom is 0.242 e. The summed E-state index contributed by atoms with van der Waals surface area (Å²) in [6.45, 7) is 7.09. The molecule has 136 valence electrons. The fraction of sp³-hybridized carbons (Fsp3) is 0.533. The summed E-state index contributed by atoms with van der Waals surface area (Å²) in [5.74, 6) is 1.32. The summed E-state index contributed by atoms with van der Waals surface area (Å²) in [5, 5.41) is 5.86. The van der Waals surface area contributed by atoms with Gasteiger partial charge in [0.2, 0.25) is 15.9 Å². The molecular weight excluding hydrogens is 370 g/mol. The van der Waals surface area contributed by atoms with Crippen LogP contribution in [0.4, 0.5) is 5.69 Å². The lowest BCUT2D eigenvalue weighted by Crippen LogP contribution is -2.40. The standard InChI is InChI=1S/C15H23N3O3S2.ClH/c1-10-5-6-11(17-14(19)12-8-22-9-16-12)7-13(10)23(20,21)18-15(2,3)4;/h5-7,12,16,18H,8-9H2,1-4H3,(H,17,19);1H. The number of rotatable bonds is 4. The van der Waals surface area contributed by atoms with E-state index < -0.39 is 15.6 Å². The average Bonchev–Trinajstić information content (AvgIpc) is 2.92. The lowest BCUT2D eigenvalue weighted by Gasteiger charge is -2.21. The Morgan fingerprint density at radius 3 is 2.54 bits per heavy atom. The average molecular weight is 394 g/mol. The molecule has 1 atom stereocenters. The van der Waals surface area contributed by atoms with Crippen molar-refractivity contribution in [3.63, 3.8) is 0 Å². The molecule has 1 amide bonds. The van der Waals surface area contributed by atoms with E-state index >= 15 is 0 Å². The largest absolute Gasteiger partial charge is 0.325 e. The number of aryl methyl sites for hydroxylation is 1. The highest BCUT2D eigenvalue weighted by Crippen LogP contribution is 2.22. The molecule has 6 nitrogen and oxygen atoms in total. The van der Waals surface area contributed by atoms with Gasteiger partial charge in [-0.15, -0.1) is 24.2 Å². The van der Waals surface area contributed by atoms with Gasteiger partial charge in [-0.1, -0.05) is 6.07 Å². The van der Waals surface area contributed by atoms with E-state index in [1.54, 1.807) is 51.6 Å². The first-order valence-electron chi connectivity index (χ1n) is 7.35. The monoisotopic (exact) mass is 393 g/mol. The molecule has 0 saturated carbocycles. The maximum absolute atomic E-state index is 12.5. The van der Waals surface area contributed by atoms with Gasteiger partial charge in [-0.2, -0.15) is 0 Å². The number of benzene rings is 1. The van der Waals surface area contributed by atoms with Gasteiger partial charge < -0.3 is 5.32 Å². The minimum absolute atomic E-state index is 0. The Bertz CT molecular complexity index is 696. The van der Waals surface area contributed by atoms with Crippen molar-refractivity contribution in [1.82, 2.24) is 10.0 Å². The van der Waals surface area contributed by atoms with E-state index in [1.807, 2.05) is 0 Å². The molecule has 1 unspecified atom stereocenters. The van der Waals surface area contributed by atoms with Crippen LogP contribution < -0.4 is 15.4 Å². The van der Waals surface area contributed by atoms with Crippen LogP contribution >= 0.6 is 24.2 Å². The van der Waals surface area contributed by atoms with Crippen LogP contribution in [0.5, 0.6) is 0 Å². The van der Waals surface area contributed by atoms with E-state index in [0.717, 1.165) is 5.88 Å². The number of carbonyl (C=O) groups is 1. The highest BCUT2D eigenvalue weighted by atomic mass is 35.5. The Balaban J connectivity index is 0.00000288. The summed E-state index contributed by atoms with van der Waals surface area (Å²) in [6.07, 6.45) is 0. The van der Waals surface area contributed by atoms with Gasteiger partial charge in [0.15, 0.2) is 0 Å². The molecule has 1 aliphatic heterocycles. The minimum Gasteiger partial charge on any atom is -0.325 e. The zero-order chi connectivity index (χ0) is 17.3. The topological polar surface area (TPSA) is 87.3 Å². The molecule has 1 saturated heterocycles. The Morgan fingerprint density at radius 2 is 2.00 bits per heavy atom. The minimum atomic E-state index is -3.65. The highest BCUT2D eigenvalue weighted by molar-refractivity contribution is 7.99. The third kappa shape index (κ3) is 5.63. The van der Waals surface area contributed by atoms with Crippen molar-refractivity contribution in [2.24, 2.45) is 0 Å². The first-order chi connectivity index (χ1) is 10.6. The summed E-state index contributed by atoms with van der Waals surface area (Å²) in [4.78, 5) is 12.3. The first kappa shape index (κ1) is 21.2. The third-order valence-corrected chi connectivity index (χ3v) is 6.06. The van der Waals surface area contributed by atoms with E-state index in [4.69, 9.17) is 0 Å². The zero-order valence-corrected chi connectivity index (χ0v) is 16.6. The van der Waals surface area contributed by atoms with Crippen molar-refractivity contribution in [3.05, 3.63) is 23.8 Å². The Kier molecular flexibility index (Phi) is 7.13. The Hall–Kier alpha value is -0.800. The number of nitrogens with one attached hydrogen (secondary N) is 3. The number of sulfonamides is 1. The number of carbonyl (C=O) groups excluding carboxylic acids is 1. The van der Waals surface area contributed by atoms with Crippen LogP contribution in [-0.4, -0.2) is 37.5 Å². The molecule has 0 aliphatic carbocycles. The predicted octanol–water partition coefficient (Wildman–Crippen LogP) is 2.09. The van der Waals surface area contributed by atoms with E-state index in [0.29, 0.717) is 17.0 Å². The van der Waals surface area contributed by atoms with Gasteiger partial charge >= 0.3 is 0 Å². The lowest BCUT2D eigenvalue weighted by atomic mass is 10.1. The summed E-state index contributed by atoms with van der Waals surface area (Å²) in [5.41, 5.74) is 0.540. The molecule has 0 spiro atoms. The number of thioether (sulfide) groups is 1. The van der Waals surface area contributed by atoms with Crippen LogP contribution in [0.1, 0.15) is 26.3 Å². The van der Waals surface area contributed by atoms with Gasteiger partial charge in [0.05, 0.1) is 10.9 Å². The zero-order valence-electron chi connectivity index (χ0n) is 14.2. The molecule has 1 aromatic rings. The molecule has 0 radical (unpaired) electrons.